The first-order chi connectivity index (χ1) is 8.06. The van der Waals surface area contributed by atoms with Gasteiger partial charge in [-0.2, -0.15) is 0 Å². The van der Waals surface area contributed by atoms with Crippen molar-refractivity contribution < 1.29 is 14.2 Å². The highest BCUT2D eigenvalue weighted by Crippen LogP contribution is 2.22. The number of benzene rings is 1. The summed E-state index contributed by atoms with van der Waals surface area (Å²) >= 11 is 0. The minimum Gasteiger partial charge on any atom is -0.389 e. The number of rotatable bonds is 6. The maximum atomic E-state index is 13.8. The summed E-state index contributed by atoms with van der Waals surface area (Å²) in [7, 11) is 3.49. The number of aliphatic hydroxyl groups is 1. The van der Waals surface area contributed by atoms with Crippen LogP contribution in [0.4, 0.5) is 10.1 Å². The Morgan fingerprint density at radius 2 is 2.18 bits per heavy atom. The van der Waals surface area contributed by atoms with Gasteiger partial charge in [0.05, 0.1) is 11.8 Å². The van der Waals surface area contributed by atoms with E-state index in [1.165, 1.54) is 6.07 Å². The van der Waals surface area contributed by atoms with Crippen LogP contribution in [-0.4, -0.2) is 32.4 Å². The van der Waals surface area contributed by atoms with Crippen LogP contribution in [0.1, 0.15) is 25.0 Å². The molecule has 96 valence electrons. The summed E-state index contributed by atoms with van der Waals surface area (Å²) in [5.41, 5.74) is 1.14. The Balaban J connectivity index is 2.70. The van der Waals surface area contributed by atoms with E-state index in [2.05, 4.69) is 0 Å². The molecule has 1 aromatic carbocycles. The third-order valence-electron chi connectivity index (χ3n) is 2.71. The van der Waals surface area contributed by atoms with Crippen LogP contribution in [0, 0.1) is 5.82 Å². The van der Waals surface area contributed by atoms with Gasteiger partial charge in [-0.25, -0.2) is 4.39 Å². The van der Waals surface area contributed by atoms with Gasteiger partial charge in [0.15, 0.2) is 0 Å². The molecule has 1 aromatic rings. The molecule has 0 spiro atoms. The highest BCUT2D eigenvalue weighted by Gasteiger charge is 2.10. The fourth-order valence-corrected chi connectivity index (χ4v) is 1.66. The van der Waals surface area contributed by atoms with Gasteiger partial charge in [0, 0.05) is 27.3 Å². The van der Waals surface area contributed by atoms with Crippen molar-refractivity contribution in [2.24, 2.45) is 0 Å². The van der Waals surface area contributed by atoms with E-state index in [0.29, 0.717) is 17.9 Å². The van der Waals surface area contributed by atoms with E-state index >= 15 is 0 Å². The van der Waals surface area contributed by atoms with Gasteiger partial charge in [-0.1, -0.05) is 6.07 Å². The minimum absolute atomic E-state index is 0.302. The molecule has 0 saturated carbocycles. The molecule has 0 unspecified atom stereocenters. The lowest BCUT2D eigenvalue weighted by Crippen LogP contribution is -2.21. The Kier molecular flexibility index (Phi) is 5.38. The predicted molar refractivity (Wildman–Crippen MR) is 66.8 cm³/mol. The lowest BCUT2D eigenvalue weighted by Gasteiger charge is -2.20. The summed E-state index contributed by atoms with van der Waals surface area (Å²) in [6.07, 6.45) is 0.210. The Morgan fingerprint density at radius 3 is 2.71 bits per heavy atom. The molecule has 0 bridgehead atoms. The van der Waals surface area contributed by atoms with Gasteiger partial charge in [0.25, 0.3) is 0 Å². The average molecular weight is 241 g/mol. The Morgan fingerprint density at radius 1 is 1.47 bits per heavy atom. The van der Waals surface area contributed by atoms with E-state index in [0.717, 1.165) is 13.0 Å². The number of methoxy groups -OCH3 is 1. The van der Waals surface area contributed by atoms with Gasteiger partial charge in [0.1, 0.15) is 5.82 Å². The van der Waals surface area contributed by atoms with Crippen LogP contribution in [0.5, 0.6) is 0 Å². The van der Waals surface area contributed by atoms with Gasteiger partial charge < -0.3 is 14.7 Å². The van der Waals surface area contributed by atoms with E-state index in [1.54, 1.807) is 26.2 Å². The van der Waals surface area contributed by atoms with Crippen LogP contribution in [0.25, 0.3) is 0 Å². The highest BCUT2D eigenvalue weighted by molar-refractivity contribution is 5.48. The average Bonchev–Trinajstić information content (AvgIpc) is 2.28. The lowest BCUT2D eigenvalue weighted by molar-refractivity contribution is 0.196. The van der Waals surface area contributed by atoms with Crippen LogP contribution in [0.3, 0.4) is 0 Å². The lowest BCUT2D eigenvalue weighted by atomic mass is 10.1. The van der Waals surface area contributed by atoms with E-state index in [1.807, 2.05) is 11.9 Å². The normalized spacial score (nSPS) is 12.5. The van der Waals surface area contributed by atoms with Crippen molar-refractivity contribution in [3.8, 4) is 0 Å². The standard InChI is InChI=1S/C13H20FNO2/c1-10(16)11-5-6-13(12(14)9-11)15(2)7-4-8-17-3/h5-6,9-10,16H,4,7-8H2,1-3H3/t10-/m0/s1. The number of hydrogen-bond acceptors (Lipinski definition) is 3. The molecule has 1 atom stereocenters. The molecule has 3 nitrogen and oxygen atoms in total. The first kappa shape index (κ1) is 13.9. The van der Waals surface area contributed by atoms with Crippen molar-refractivity contribution in [3.63, 3.8) is 0 Å². The van der Waals surface area contributed by atoms with E-state index in [-0.39, 0.29) is 5.82 Å². The van der Waals surface area contributed by atoms with Crippen molar-refractivity contribution in [1.29, 1.82) is 0 Å². The third-order valence-corrected chi connectivity index (χ3v) is 2.71. The summed E-state index contributed by atoms with van der Waals surface area (Å²) in [4.78, 5) is 1.85. The van der Waals surface area contributed by atoms with Gasteiger partial charge in [-0.05, 0) is 31.0 Å². The zero-order valence-electron chi connectivity index (χ0n) is 10.6. The molecule has 0 aromatic heterocycles. The van der Waals surface area contributed by atoms with Crippen molar-refractivity contribution in [3.05, 3.63) is 29.6 Å². The number of aliphatic hydroxyl groups excluding tert-OH is 1. The van der Waals surface area contributed by atoms with E-state index in [4.69, 9.17) is 4.74 Å². The van der Waals surface area contributed by atoms with Gasteiger partial charge in [-0.3, -0.25) is 0 Å². The maximum absolute atomic E-state index is 13.8. The summed E-state index contributed by atoms with van der Waals surface area (Å²) in [5.74, 6) is -0.302. The second-order valence-electron chi connectivity index (χ2n) is 4.15. The summed E-state index contributed by atoms with van der Waals surface area (Å²) < 4.78 is 18.7. The Hall–Kier alpha value is -1.13. The summed E-state index contributed by atoms with van der Waals surface area (Å²) in [6.45, 7) is 3.02. The molecule has 0 aliphatic carbocycles. The molecule has 0 saturated heterocycles. The second-order valence-corrected chi connectivity index (χ2v) is 4.15. The van der Waals surface area contributed by atoms with Crippen LogP contribution in [0.15, 0.2) is 18.2 Å². The van der Waals surface area contributed by atoms with Crippen molar-refractivity contribution in [2.75, 3.05) is 32.2 Å². The highest BCUT2D eigenvalue weighted by atomic mass is 19.1. The molecule has 1 rings (SSSR count). The smallest absolute Gasteiger partial charge is 0.146 e. The first-order valence-electron chi connectivity index (χ1n) is 5.74. The molecule has 0 radical (unpaired) electrons. The van der Waals surface area contributed by atoms with Crippen LogP contribution in [0.2, 0.25) is 0 Å². The summed E-state index contributed by atoms with van der Waals surface area (Å²) in [5, 5.41) is 9.35. The topological polar surface area (TPSA) is 32.7 Å². The number of ether oxygens (including phenoxy) is 1. The zero-order valence-corrected chi connectivity index (χ0v) is 10.6. The fourth-order valence-electron chi connectivity index (χ4n) is 1.66. The SMILES string of the molecule is COCCCN(C)c1ccc([C@H](C)O)cc1F. The quantitative estimate of drug-likeness (QED) is 0.776. The molecule has 0 aliphatic rings. The molecule has 0 fully saturated rings. The van der Waals surface area contributed by atoms with Crippen molar-refractivity contribution in [1.82, 2.24) is 0 Å². The fraction of sp³-hybridized carbons (Fsp3) is 0.538. The second kappa shape index (κ2) is 6.57. The number of halogens is 1. The molecular weight excluding hydrogens is 221 g/mol. The molecular formula is C13H20FNO2. The van der Waals surface area contributed by atoms with Crippen LogP contribution in [-0.2, 0) is 4.74 Å². The van der Waals surface area contributed by atoms with E-state index < -0.39 is 6.10 Å². The molecule has 1 N–H and O–H groups in total. The van der Waals surface area contributed by atoms with Crippen LogP contribution < -0.4 is 4.90 Å². The molecule has 17 heavy (non-hydrogen) atoms. The maximum Gasteiger partial charge on any atom is 0.146 e. The summed E-state index contributed by atoms with van der Waals surface area (Å²) in [6, 6.07) is 4.83. The van der Waals surface area contributed by atoms with Crippen molar-refractivity contribution in [2.45, 2.75) is 19.4 Å². The molecule has 0 aliphatic heterocycles. The van der Waals surface area contributed by atoms with Gasteiger partial charge >= 0.3 is 0 Å². The van der Waals surface area contributed by atoms with Gasteiger partial charge in [0.2, 0.25) is 0 Å². The molecule has 4 heteroatoms. The number of hydrogen-bond donors (Lipinski definition) is 1. The first-order valence-corrected chi connectivity index (χ1v) is 5.74. The Labute approximate surface area is 102 Å². The largest absolute Gasteiger partial charge is 0.389 e. The zero-order chi connectivity index (χ0) is 12.8. The molecule has 0 amide bonds. The van der Waals surface area contributed by atoms with Crippen LogP contribution >= 0.6 is 0 Å². The number of nitrogens with zero attached hydrogens (tertiary/aromatic N) is 1. The third kappa shape index (κ3) is 3.98. The Bertz CT molecular complexity index is 355. The monoisotopic (exact) mass is 241 g/mol. The predicted octanol–water partition coefficient (Wildman–Crippen LogP) is 2.35. The van der Waals surface area contributed by atoms with Gasteiger partial charge in [-0.15, -0.1) is 0 Å². The molecule has 0 heterocycles. The van der Waals surface area contributed by atoms with E-state index in [9.17, 15) is 9.50 Å². The minimum atomic E-state index is -0.641. The van der Waals surface area contributed by atoms with Crippen molar-refractivity contribution >= 4 is 5.69 Å². The number of anilines is 1.